The van der Waals surface area contributed by atoms with Gasteiger partial charge in [-0.25, -0.2) is 0 Å². The second-order valence-corrected chi connectivity index (χ2v) is 2.49. The van der Waals surface area contributed by atoms with E-state index in [0.29, 0.717) is 0 Å². The van der Waals surface area contributed by atoms with Crippen molar-refractivity contribution >= 4 is 11.9 Å². The Morgan fingerprint density at radius 2 is 1.90 bits per heavy atom. The van der Waals surface area contributed by atoms with Crippen LogP contribution in [0.5, 0.6) is 0 Å². The predicted molar refractivity (Wildman–Crippen MR) is 44.4 cm³/mol. The molecule has 2 heteroatoms. The van der Waals surface area contributed by atoms with Gasteiger partial charge in [-0.05, 0) is 36.2 Å². The number of hydrogen-bond acceptors (Lipinski definition) is 2. The molecule has 1 aromatic rings. The van der Waals surface area contributed by atoms with Crippen LogP contribution < -0.4 is 5.14 Å². The van der Waals surface area contributed by atoms with Gasteiger partial charge in [-0.2, -0.15) is 0 Å². The number of terminal acetylenes is 1. The van der Waals surface area contributed by atoms with E-state index in [-0.39, 0.29) is 0 Å². The molecule has 0 aliphatic heterocycles. The molecular formula is C8H7NS. The number of rotatable bonds is 1. The average molecular weight is 149 g/mol. The number of hydrogen-bond donors (Lipinski definition) is 1. The molecule has 10 heavy (non-hydrogen) atoms. The normalized spacial score (nSPS) is 8.80. The maximum Gasteiger partial charge on any atom is 0.0243 e. The summed E-state index contributed by atoms with van der Waals surface area (Å²) in [7, 11) is 0. The molecule has 0 radical (unpaired) electrons. The van der Waals surface area contributed by atoms with Crippen LogP contribution >= 0.6 is 11.9 Å². The minimum Gasteiger partial charge on any atom is -0.274 e. The van der Waals surface area contributed by atoms with Crippen molar-refractivity contribution in [1.29, 1.82) is 0 Å². The molecule has 2 N–H and O–H groups in total. The highest BCUT2D eigenvalue weighted by Gasteiger charge is 1.87. The van der Waals surface area contributed by atoms with Crippen molar-refractivity contribution in [3.05, 3.63) is 29.8 Å². The molecular weight excluding hydrogens is 142 g/mol. The van der Waals surface area contributed by atoms with Gasteiger partial charge in [-0.3, -0.25) is 5.14 Å². The van der Waals surface area contributed by atoms with Gasteiger partial charge in [0, 0.05) is 10.5 Å². The topological polar surface area (TPSA) is 26.0 Å². The van der Waals surface area contributed by atoms with Crippen LogP contribution in [0.4, 0.5) is 0 Å². The Balaban J connectivity index is 2.93. The zero-order chi connectivity index (χ0) is 7.40. The van der Waals surface area contributed by atoms with E-state index in [0.717, 1.165) is 10.5 Å². The summed E-state index contributed by atoms with van der Waals surface area (Å²) in [5, 5.41) is 5.31. The maximum absolute atomic E-state index is 5.31. The Morgan fingerprint density at radius 3 is 2.30 bits per heavy atom. The highest BCUT2D eigenvalue weighted by Crippen LogP contribution is 2.11. The predicted octanol–water partition coefficient (Wildman–Crippen LogP) is 1.63. The molecule has 0 aliphatic carbocycles. The molecule has 1 rings (SSSR count). The van der Waals surface area contributed by atoms with Crippen molar-refractivity contribution in [2.75, 3.05) is 0 Å². The molecule has 0 aliphatic rings. The van der Waals surface area contributed by atoms with Crippen LogP contribution in [0.2, 0.25) is 0 Å². The fourth-order valence-electron chi connectivity index (χ4n) is 0.630. The standard InChI is InChI=1S/C8H7NS/c1-2-7-3-5-8(10-9)6-4-7/h1,3-6H,9H2. The fraction of sp³-hybridized carbons (Fsp3) is 0. The van der Waals surface area contributed by atoms with Crippen molar-refractivity contribution < 1.29 is 0 Å². The highest BCUT2D eigenvalue weighted by molar-refractivity contribution is 7.97. The van der Waals surface area contributed by atoms with Gasteiger partial charge < -0.3 is 0 Å². The summed E-state index contributed by atoms with van der Waals surface area (Å²) in [4.78, 5) is 1.03. The van der Waals surface area contributed by atoms with E-state index in [1.165, 1.54) is 11.9 Å². The first-order chi connectivity index (χ1) is 4.86. The molecule has 0 unspecified atom stereocenters. The molecule has 1 nitrogen and oxygen atoms in total. The Labute approximate surface area is 64.8 Å². The van der Waals surface area contributed by atoms with E-state index < -0.39 is 0 Å². The zero-order valence-electron chi connectivity index (χ0n) is 5.37. The fourth-order valence-corrected chi connectivity index (χ4v) is 0.923. The first kappa shape index (κ1) is 7.20. The van der Waals surface area contributed by atoms with Gasteiger partial charge in [-0.1, -0.05) is 5.92 Å². The van der Waals surface area contributed by atoms with E-state index in [4.69, 9.17) is 11.6 Å². The molecule has 0 amide bonds. The third-order valence-electron chi connectivity index (χ3n) is 1.16. The van der Waals surface area contributed by atoms with Crippen LogP contribution in [0.15, 0.2) is 29.2 Å². The van der Waals surface area contributed by atoms with Gasteiger partial charge in [0.2, 0.25) is 0 Å². The molecule has 0 heterocycles. The van der Waals surface area contributed by atoms with E-state index in [2.05, 4.69) is 5.92 Å². The lowest BCUT2D eigenvalue weighted by molar-refractivity contribution is 1.44. The second kappa shape index (κ2) is 3.31. The lowest BCUT2D eigenvalue weighted by Gasteiger charge is -1.93. The Kier molecular flexibility index (Phi) is 2.38. The summed E-state index contributed by atoms with van der Waals surface area (Å²) in [6.07, 6.45) is 5.15. The minimum atomic E-state index is 0.887. The molecule has 0 saturated carbocycles. The van der Waals surface area contributed by atoms with E-state index in [9.17, 15) is 0 Å². The van der Waals surface area contributed by atoms with Crippen LogP contribution in [-0.2, 0) is 0 Å². The monoisotopic (exact) mass is 149 g/mol. The van der Waals surface area contributed by atoms with Crippen LogP contribution in [0, 0.1) is 12.3 Å². The largest absolute Gasteiger partial charge is 0.274 e. The number of nitrogens with two attached hydrogens (primary N) is 1. The molecule has 0 fully saturated rings. The second-order valence-electron chi connectivity index (χ2n) is 1.79. The summed E-state index contributed by atoms with van der Waals surface area (Å²) in [6.45, 7) is 0. The van der Waals surface area contributed by atoms with Gasteiger partial charge in [0.05, 0.1) is 0 Å². The Bertz CT molecular complexity index is 245. The molecule has 0 aromatic heterocycles. The van der Waals surface area contributed by atoms with Gasteiger partial charge in [0.1, 0.15) is 0 Å². The third-order valence-corrected chi connectivity index (χ3v) is 1.70. The SMILES string of the molecule is C#Cc1ccc(SN)cc1. The summed E-state index contributed by atoms with van der Waals surface area (Å²) < 4.78 is 0. The lowest BCUT2D eigenvalue weighted by Crippen LogP contribution is -1.79. The van der Waals surface area contributed by atoms with Gasteiger partial charge in [-0.15, -0.1) is 6.42 Å². The first-order valence-corrected chi connectivity index (χ1v) is 3.68. The molecule has 50 valence electrons. The van der Waals surface area contributed by atoms with E-state index >= 15 is 0 Å². The van der Waals surface area contributed by atoms with Crippen LogP contribution in [-0.4, -0.2) is 0 Å². The Morgan fingerprint density at radius 1 is 1.30 bits per heavy atom. The molecule has 1 aromatic carbocycles. The van der Waals surface area contributed by atoms with Crippen molar-refractivity contribution in [2.24, 2.45) is 5.14 Å². The van der Waals surface area contributed by atoms with Crippen LogP contribution in [0.1, 0.15) is 5.56 Å². The van der Waals surface area contributed by atoms with Crippen molar-refractivity contribution in [1.82, 2.24) is 0 Å². The van der Waals surface area contributed by atoms with Crippen LogP contribution in [0.25, 0.3) is 0 Å². The van der Waals surface area contributed by atoms with Crippen molar-refractivity contribution in [2.45, 2.75) is 4.90 Å². The minimum absolute atomic E-state index is 0.887. The van der Waals surface area contributed by atoms with Crippen LogP contribution in [0.3, 0.4) is 0 Å². The van der Waals surface area contributed by atoms with Gasteiger partial charge in [0.25, 0.3) is 0 Å². The van der Waals surface area contributed by atoms with Gasteiger partial charge in [0.15, 0.2) is 0 Å². The summed E-state index contributed by atoms with van der Waals surface area (Å²) >= 11 is 1.22. The average Bonchev–Trinajstić information content (AvgIpc) is 2.05. The summed E-state index contributed by atoms with van der Waals surface area (Å²) in [5.41, 5.74) is 0.887. The quantitative estimate of drug-likeness (QED) is 0.485. The molecule has 0 atom stereocenters. The van der Waals surface area contributed by atoms with Crippen molar-refractivity contribution in [3.63, 3.8) is 0 Å². The van der Waals surface area contributed by atoms with E-state index in [1.807, 2.05) is 24.3 Å². The van der Waals surface area contributed by atoms with Gasteiger partial charge >= 0.3 is 0 Å². The van der Waals surface area contributed by atoms with Crippen molar-refractivity contribution in [3.8, 4) is 12.3 Å². The molecule has 0 bridgehead atoms. The highest BCUT2D eigenvalue weighted by atomic mass is 32.2. The summed E-state index contributed by atoms with van der Waals surface area (Å²) in [5.74, 6) is 2.53. The lowest BCUT2D eigenvalue weighted by atomic mass is 10.2. The molecule has 0 saturated heterocycles. The third kappa shape index (κ3) is 1.53. The maximum atomic E-state index is 5.31. The number of benzene rings is 1. The Hall–Kier alpha value is -0.910. The smallest absolute Gasteiger partial charge is 0.0243 e. The first-order valence-electron chi connectivity index (χ1n) is 2.80. The molecule has 0 spiro atoms. The zero-order valence-corrected chi connectivity index (χ0v) is 6.19. The summed E-state index contributed by atoms with van der Waals surface area (Å²) in [6, 6.07) is 7.55. The van der Waals surface area contributed by atoms with E-state index in [1.54, 1.807) is 0 Å².